The first-order valence-electron chi connectivity index (χ1n) is 6.12. The summed E-state index contributed by atoms with van der Waals surface area (Å²) in [5.41, 5.74) is 6.57. The summed E-state index contributed by atoms with van der Waals surface area (Å²) in [5.74, 6) is 2.07. The Morgan fingerprint density at radius 2 is 2.12 bits per heavy atom. The second-order valence-electron chi connectivity index (χ2n) is 4.81. The Hall–Kier alpha value is -1.36. The van der Waals surface area contributed by atoms with Crippen molar-refractivity contribution >= 4 is 11.6 Å². The molecule has 0 amide bonds. The van der Waals surface area contributed by atoms with Crippen molar-refractivity contribution in [1.29, 1.82) is 0 Å². The summed E-state index contributed by atoms with van der Waals surface area (Å²) >= 11 is 0. The quantitative estimate of drug-likeness (QED) is 0.716. The number of aryl methyl sites for hydroxylation is 1. The molecular weight excluding hydrogens is 216 g/mol. The number of nitrogens with two attached hydrogens (primary N) is 1. The third-order valence-corrected chi connectivity index (χ3v) is 3.24. The van der Waals surface area contributed by atoms with E-state index in [-0.39, 0.29) is 12.1 Å². The van der Waals surface area contributed by atoms with Crippen LogP contribution < -0.4 is 11.1 Å². The van der Waals surface area contributed by atoms with Crippen LogP contribution in [0.3, 0.4) is 0 Å². The monoisotopic (exact) mass is 236 g/mol. The lowest BCUT2D eigenvalue weighted by Crippen LogP contribution is -2.27. The first kappa shape index (κ1) is 12.1. The van der Waals surface area contributed by atoms with E-state index in [4.69, 9.17) is 5.73 Å². The van der Waals surface area contributed by atoms with Gasteiger partial charge in [-0.3, -0.25) is 0 Å². The number of nitrogen functional groups attached to an aromatic ring is 1. The summed E-state index contributed by atoms with van der Waals surface area (Å²) < 4.78 is 0. The number of hydrogen-bond donors (Lipinski definition) is 3. The number of anilines is 2. The topological polar surface area (TPSA) is 84.1 Å². The van der Waals surface area contributed by atoms with Crippen LogP contribution in [0, 0.1) is 6.92 Å². The van der Waals surface area contributed by atoms with Crippen molar-refractivity contribution in [1.82, 2.24) is 9.97 Å². The first-order valence-corrected chi connectivity index (χ1v) is 6.12. The molecule has 0 atom stereocenters. The average Bonchev–Trinajstić information content (AvgIpc) is 3.06. The lowest BCUT2D eigenvalue weighted by molar-refractivity contribution is 0.266. The fraction of sp³-hybridized carbons (Fsp3) is 0.667. The van der Waals surface area contributed by atoms with Gasteiger partial charge in [0, 0.05) is 12.0 Å². The molecule has 0 saturated heterocycles. The Labute approximate surface area is 101 Å². The van der Waals surface area contributed by atoms with Crippen LogP contribution in [-0.2, 0) is 6.42 Å². The van der Waals surface area contributed by atoms with Gasteiger partial charge >= 0.3 is 0 Å². The van der Waals surface area contributed by atoms with Crippen molar-refractivity contribution in [3.05, 3.63) is 11.4 Å². The van der Waals surface area contributed by atoms with E-state index in [0.717, 1.165) is 42.9 Å². The van der Waals surface area contributed by atoms with Crippen LogP contribution >= 0.6 is 0 Å². The molecule has 0 unspecified atom stereocenters. The molecule has 0 aliphatic heterocycles. The second-order valence-corrected chi connectivity index (χ2v) is 4.81. The molecule has 0 spiro atoms. The van der Waals surface area contributed by atoms with Gasteiger partial charge in [-0.25, -0.2) is 9.97 Å². The molecule has 1 aliphatic rings. The fourth-order valence-corrected chi connectivity index (χ4v) is 1.76. The van der Waals surface area contributed by atoms with Crippen molar-refractivity contribution in [3.8, 4) is 0 Å². The van der Waals surface area contributed by atoms with Crippen LogP contribution in [0.2, 0.25) is 0 Å². The van der Waals surface area contributed by atoms with Gasteiger partial charge in [0.1, 0.15) is 17.5 Å². The summed E-state index contributed by atoms with van der Waals surface area (Å²) in [6.07, 6.45) is 3.78. The van der Waals surface area contributed by atoms with Crippen molar-refractivity contribution in [3.63, 3.8) is 0 Å². The van der Waals surface area contributed by atoms with Crippen LogP contribution in [0.5, 0.6) is 0 Å². The molecule has 5 nitrogen and oxygen atoms in total. The molecule has 1 aromatic rings. The van der Waals surface area contributed by atoms with Gasteiger partial charge in [-0.1, -0.05) is 6.92 Å². The number of aliphatic hydroxyl groups is 1. The van der Waals surface area contributed by atoms with Crippen molar-refractivity contribution in [2.45, 2.75) is 45.1 Å². The number of hydrogen-bond acceptors (Lipinski definition) is 5. The van der Waals surface area contributed by atoms with Crippen molar-refractivity contribution < 1.29 is 5.11 Å². The molecule has 0 bridgehead atoms. The van der Waals surface area contributed by atoms with Crippen LogP contribution in [-0.4, -0.2) is 27.2 Å². The molecule has 1 aliphatic carbocycles. The van der Waals surface area contributed by atoms with E-state index in [9.17, 15) is 5.11 Å². The van der Waals surface area contributed by atoms with E-state index in [1.54, 1.807) is 0 Å². The Bertz CT molecular complexity index is 415. The number of aliphatic hydroxyl groups excluding tert-OH is 1. The summed E-state index contributed by atoms with van der Waals surface area (Å²) in [6.45, 7) is 4.13. The maximum Gasteiger partial charge on any atom is 0.135 e. The molecule has 94 valence electrons. The average molecular weight is 236 g/mol. The summed E-state index contributed by atoms with van der Waals surface area (Å²) in [4.78, 5) is 8.75. The zero-order valence-electron chi connectivity index (χ0n) is 10.5. The van der Waals surface area contributed by atoms with Gasteiger partial charge in [-0.2, -0.15) is 0 Å². The van der Waals surface area contributed by atoms with Crippen LogP contribution in [0.25, 0.3) is 0 Å². The van der Waals surface area contributed by atoms with E-state index < -0.39 is 0 Å². The molecule has 1 heterocycles. The normalized spacial score (nSPS) is 16.9. The number of nitrogens with one attached hydrogen (secondary N) is 1. The van der Waals surface area contributed by atoms with Gasteiger partial charge in [0.2, 0.25) is 0 Å². The largest absolute Gasteiger partial charge is 0.394 e. The van der Waals surface area contributed by atoms with Gasteiger partial charge in [-0.15, -0.1) is 0 Å². The van der Waals surface area contributed by atoms with Crippen LogP contribution in [0.15, 0.2) is 0 Å². The minimum atomic E-state index is -0.172. The lowest BCUT2D eigenvalue weighted by atomic mass is 10.2. The molecule has 0 radical (unpaired) electrons. The zero-order valence-corrected chi connectivity index (χ0v) is 10.5. The SMILES string of the molecule is CCCc1nc(N)c(C)c(NC2(CO)CC2)n1. The third kappa shape index (κ3) is 2.49. The van der Waals surface area contributed by atoms with Gasteiger partial charge in [0.05, 0.1) is 12.1 Å². The first-order chi connectivity index (χ1) is 8.10. The molecule has 5 heteroatoms. The molecular formula is C12H20N4O. The zero-order chi connectivity index (χ0) is 12.5. The number of aromatic nitrogens is 2. The Morgan fingerprint density at radius 1 is 1.41 bits per heavy atom. The Balaban J connectivity index is 2.25. The smallest absolute Gasteiger partial charge is 0.135 e. The minimum absolute atomic E-state index is 0.138. The summed E-state index contributed by atoms with van der Waals surface area (Å²) in [5, 5.41) is 12.6. The molecule has 4 N–H and O–H groups in total. The summed E-state index contributed by atoms with van der Waals surface area (Å²) in [6, 6.07) is 0. The second kappa shape index (κ2) is 4.49. The predicted molar refractivity (Wildman–Crippen MR) is 67.8 cm³/mol. The molecule has 2 rings (SSSR count). The van der Waals surface area contributed by atoms with Crippen molar-refractivity contribution in [2.24, 2.45) is 0 Å². The molecule has 17 heavy (non-hydrogen) atoms. The highest BCUT2D eigenvalue weighted by atomic mass is 16.3. The van der Waals surface area contributed by atoms with Gasteiger partial charge < -0.3 is 16.2 Å². The standard InChI is InChI=1S/C12H20N4O/c1-3-4-9-14-10(13)8(2)11(15-9)16-12(7-17)5-6-12/h17H,3-7H2,1-2H3,(H3,13,14,15,16). The van der Waals surface area contributed by atoms with Gasteiger partial charge in [0.15, 0.2) is 0 Å². The maximum absolute atomic E-state index is 9.31. The highest BCUT2D eigenvalue weighted by molar-refractivity contribution is 5.56. The van der Waals surface area contributed by atoms with E-state index >= 15 is 0 Å². The van der Waals surface area contributed by atoms with E-state index in [1.807, 2.05) is 6.92 Å². The van der Waals surface area contributed by atoms with Crippen molar-refractivity contribution in [2.75, 3.05) is 17.7 Å². The van der Waals surface area contributed by atoms with Gasteiger partial charge in [-0.05, 0) is 26.2 Å². The number of nitrogens with zero attached hydrogens (tertiary/aromatic N) is 2. The highest BCUT2D eigenvalue weighted by Gasteiger charge is 2.42. The third-order valence-electron chi connectivity index (χ3n) is 3.24. The van der Waals surface area contributed by atoms with Gasteiger partial charge in [0.25, 0.3) is 0 Å². The fourth-order valence-electron chi connectivity index (χ4n) is 1.76. The molecule has 1 saturated carbocycles. The lowest BCUT2D eigenvalue weighted by Gasteiger charge is -2.18. The van der Waals surface area contributed by atoms with E-state index in [0.29, 0.717) is 5.82 Å². The molecule has 1 fully saturated rings. The molecule has 0 aromatic carbocycles. The Morgan fingerprint density at radius 3 is 2.65 bits per heavy atom. The maximum atomic E-state index is 9.31. The van der Waals surface area contributed by atoms with E-state index in [1.165, 1.54) is 0 Å². The predicted octanol–water partition coefficient (Wildman–Crippen LogP) is 1.26. The van der Waals surface area contributed by atoms with Crippen LogP contribution in [0.4, 0.5) is 11.6 Å². The van der Waals surface area contributed by atoms with Crippen LogP contribution in [0.1, 0.15) is 37.6 Å². The Kier molecular flexibility index (Phi) is 3.19. The summed E-state index contributed by atoms with van der Waals surface area (Å²) in [7, 11) is 0. The van der Waals surface area contributed by atoms with E-state index in [2.05, 4.69) is 22.2 Å². The minimum Gasteiger partial charge on any atom is -0.394 e. The highest BCUT2D eigenvalue weighted by Crippen LogP contribution is 2.38. The molecule has 1 aromatic heterocycles. The number of rotatable bonds is 5.